The fraction of sp³-hybridized carbons (Fsp3) is 0.133. The molecule has 0 saturated carbocycles. The number of nitrogen functional groups attached to an aromatic ring is 1. The van der Waals surface area contributed by atoms with Crippen LogP contribution in [0.5, 0.6) is 0 Å². The Morgan fingerprint density at radius 3 is 3.00 bits per heavy atom. The third kappa shape index (κ3) is 2.25. The summed E-state index contributed by atoms with van der Waals surface area (Å²) in [5.74, 6) is 0.911. The van der Waals surface area contributed by atoms with Crippen molar-refractivity contribution in [3.8, 4) is 0 Å². The molecule has 0 saturated heterocycles. The van der Waals surface area contributed by atoms with Gasteiger partial charge >= 0.3 is 0 Å². The number of hydrogen-bond donors (Lipinski definition) is 1. The van der Waals surface area contributed by atoms with Crippen molar-refractivity contribution in [2.45, 2.75) is 6.54 Å². The van der Waals surface area contributed by atoms with Crippen molar-refractivity contribution in [1.82, 2.24) is 4.98 Å². The van der Waals surface area contributed by atoms with Crippen LogP contribution in [0, 0.1) is 0 Å². The third-order valence-corrected chi connectivity index (χ3v) is 3.09. The zero-order valence-electron chi connectivity index (χ0n) is 10.7. The van der Waals surface area contributed by atoms with E-state index in [0.29, 0.717) is 0 Å². The highest BCUT2D eigenvalue weighted by atomic mass is 16.3. The number of nitrogens with two attached hydrogens (primary N) is 1. The first-order valence-electron chi connectivity index (χ1n) is 6.12. The highest BCUT2D eigenvalue weighted by Gasteiger charge is 2.09. The molecule has 3 rings (SSSR count). The molecule has 0 unspecified atom stereocenters. The Balaban J connectivity index is 1.91. The summed E-state index contributed by atoms with van der Waals surface area (Å²) in [5.41, 5.74) is 8.58. The summed E-state index contributed by atoms with van der Waals surface area (Å²) in [4.78, 5) is 6.52. The second-order valence-corrected chi connectivity index (χ2v) is 4.57. The van der Waals surface area contributed by atoms with E-state index in [1.54, 1.807) is 12.5 Å². The normalized spacial score (nSPS) is 10.8. The summed E-state index contributed by atoms with van der Waals surface area (Å²) >= 11 is 0. The predicted octanol–water partition coefficient (Wildman–Crippen LogP) is 3.05. The summed E-state index contributed by atoms with van der Waals surface area (Å²) in [6.45, 7) is 0.752. The summed E-state index contributed by atoms with van der Waals surface area (Å²) < 4.78 is 5.39. The second-order valence-electron chi connectivity index (χ2n) is 4.57. The van der Waals surface area contributed by atoms with Crippen molar-refractivity contribution < 1.29 is 4.42 Å². The number of fused-ring (bicyclic) bond motifs is 1. The smallest absolute Gasteiger partial charge is 0.139 e. The number of nitrogens with zero attached hydrogens (tertiary/aromatic N) is 2. The van der Waals surface area contributed by atoms with Crippen LogP contribution in [0.1, 0.15) is 5.56 Å². The maximum atomic E-state index is 5.80. The molecule has 4 heteroatoms. The fourth-order valence-electron chi connectivity index (χ4n) is 2.22. The molecule has 19 heavy (non-hydrogen) atoms. The monoisotopic (exact) mass is 253 g/mol. The molecule has 0 aliphatic heterocycles. The zero-order valence-corrected chi connectivity index (χ0v) is 10.7. The van der Waals surface area contributed by atoms with Crippen LogP contribution >= 0.6 is 0 Å². The van der Waals surface area contributed by atoms with Gasteiger partial charge in [0.25, 0.3) is 0 Å². The molecule has 0 radical (unpaired) electrons. The number of aromatic nitrogens is 1. The van der Waals surface area contributed by atoms with E-state index >= 15 is 0 Å². The largest absolute Gasteiger partial charge is 0.464 e. The van der Waals surface area contributed by atoms with Gasteiger partial charge in [-0.15, -0.1) is 0 Å². The summed E-state index contributed by atoms with van der Waals surface area (Å²) in [5, 5.41) is 1.02. The van der Waals surface area contributed by atoms with E-state index < -0.39 is 0 Å². The Hall–Kier alpha value is -2.49. The van der Waals surface area contributed by atoms with Crippen LogP contribution in [-0.2, 0) is 6.54 Å². The van der Waals surface area contributed by atoms with Gasteiger partial charge in [-0.2, -0.15) is 0 Å². The molecule has 3 aromatic rings. The number of pyridine rings is 1. The van der Waals surface area contributed by atoms with Crippen molar-refractivity contribution in [1.29, 1.82) is 0 Å². The van der Waals surface area contributed by atoms with Crippen molar-refractivity contribution in [3.63, 3.8) is 0 Å². The minimum Gasteiger partial charge on any atom is -0.464 e. The van der Waals surface area contributed by atoms with Crippen LogP contribution in [0.25, 0.3) is 11.0 Å². The fourth-order valence-corrected chi connectivity index (χ4v) is 2.22. The quantitative estimate of drug-likeness (QED) is 0.729. The Kier molecular flexibility index (Phi) is 2.83. The molecule has 4 nitrogen and oxygen atoms in total. The Bertz CT molecular complexity index is 705. The summed E-state index contributed by atoms with van der Waals surface area (Å²) in [6.07, 6.45) is 3.45. The molecule has 0 fully saturated rings. The van der Waals surface area contributed by atoms with Crippen molar-refractivity contribution in [3.05, 3.63) is 54.4 Å². The number of anilines is 2. The molecule has 0 amide bonds. The van der Waals surface area contributed by atoms with Gasteiger partial charge in [-0.3, -0.25) is 0 Å². The molecule has 96 valence electrons. The number of hydrogen-bond acceptors (Lipinski definition) is 4. The van der Waals surface area contributed by atoms with Crippen LogP contribution in [-0.4, -0.2) is 12.0 Å². The molecule has 0 spiro atoms. The lowest BCUT2D eigenvalue weighted by atomic mass is 10.2. The number of benzene rings is 1. The molecule has 0 bridgehead atoms. The minimum absolute atomic E-state index is 0.752. The van der Waals surface area contributed by atoms with Crippen LogP contribution in [0.3, 0.4) is 0 Å². The molecule has 2 N–H and O–H groups in total. The maximum absolute atomic E-state index is 5.80. The molecule has 1 aromatic carbocycles. The minimum atomic E-state index is 0.752. The van der Waals surface area contributed by atoms with Crippen LogP contribution in [0.2, 0.25) is 0 Å². The topological polar surface area (TPSA) is 55.3 Å². The van der Waals surface area contributed by atoms with Crippen LogP contribution in [0.4, 0.5) is 11.5 Å². The van der Waals surface area contributed by atoms with Gasteiger partial charge in [-0.25, -0.2) is 4.98 Å². The van der Waals surface area contributed by atoms with Gasteiger partial charge in [0.2, 0.25) is 0 Å². The van der Waals surface area contributed by atoms with E-state index in [2.05, 4.69) is 16.0 Å². The van der Waals surface area contributed by atoms with E-state index in [1.807, 2.05) is 37.4 Å². The first kappa shape index (κ1) is 11.6. The predicted molar refractivity (Wildman–Crippen MR) is 77.0 cm³/mol. The first-order chi connectivity index (χ1) is 9.24. The van der Waals surface area contributed by atoms with Gasteiger partial charge in [0.05, 0.1) is 11.6 Å². The molecule has 2 aromatic heterocycles. The summed E-state index contributed by atoms with van der Waals surface area (Å²) in [7, 11) is 2.01. The van der Waals surface area contributed by atoms with Gasteiger partial charge in [0.15, 0.2) is 0 Å². The SMILES string of the molecule is CN(Cc1cccc(N)c1)c1nccc2occc12. The van der Waals surface area contributed by atoms with Gasteiger partial charge in [-0.1, -0.05) is 12.1 Å². The van der Waals surface area contributed by atoms with E-state index in [-0.39, 0.29) is 0 Å². The Morgan fingerprint density at radius 1 is 1.26 bits per heavy atom. The third-order valence-electron chi connectivity index (χ3n) is 3.09. The Morgan fingerprint density at radius 2 is 2.16 bits per heavy atom. The van der Waals surface area contributed by atoms with E-state index in [4.69, 9.17) is 10.2 Å². The average molecular weight is 253 g/mol. The lowest BCUT2D eigenvalue weighted by molar-refractivity contribution is 0.615. The van der Waals surface area contributed by atoms with Gasteiger partial charge in [-0.05, 0) is 29.8 Å². The second kappa shape index (κ2) is 4.65. The lowest BCUT2D eigenvalue weighted by Crippen LogP contribution is -2.17. The van der Waals surface area contributed by atoms with Gasteiger partial charge < -0.3 is 15.1 Å². The van der Waals surface area contributed by atoms with Gasteiger partial charge in [0.1, 0.15) is 11.4 Å². The molecule has 2 heterocycles. The maximum Gasteiger partial charge on any atom is 0.139 e. The van der Waals surface area contributed by atoms with E-state index in [9.17, 15) is 0 Å². The molecule has 0 aliphatic rings. The van der Waals surface area contributed by atoms with Crippen molar-refractivity contribution in [2.75, 3.05) is 17.7 Å². The Labute approximate surface area is 111 Å². The van der Waals surface area contributed by atoms with Crippen LogP contribution in [0.15, 0.2) is 53.3 Å². The first-order valence-corrected chi connectivity index (χ1v) is 6.12. The number of rotatable bonds is 3. The van der Waals surface area contributed by atoms with E-state index in [0.717, 1.165) is 34.6 Å². The molecule has 0 aliphatic carbocycles. The molecule has 0 atom stereocenters. The summed E-state index contributed by atoms with van der Waals surface area (Å²) in [6, 6.07) is 11.7. The van der Waals surface area contributed by atoms with Gasteiger partial charge in [0, 0.05) is 25.5 Å². The zero-order chi connectivity index (χ0) is 13.2. The highest BCUT2D eigenvalue weighted by Crippen LogP contribution is 2.25. The number of furan rings is 1. The van der Waals surface area contributed by atoms with E-state index in [1.165, 1.54) is 0 Å². The lowest BCUT2D eigenvalue weighted by Gasteiger charge is -2.19. The molecular weight excluding hydrogens is 238 g/mol. The van der Waals surface area contributed by atoms with Crippen molar-refractivity contribution >= 4 is 22.5 Å². The highest BCUT2D eigenvalue weighted by molar-refractivity contribution is 5.88. The average Bonchev–Trinajstić information content (AvgIpc) is 2.86. The standard InChI is InChI=1S/C15H15N3O/c1-18(10-11-3-2-4-12(16)9-11)15-13-6-8-19-14(13)5-7-17-15/h2-9H,10,16H2,1H3. The van der Waals surface area contributed by atoms with Crippen molar-refractivity contribution in [2.24, 2.45) is 0 Å². The molecular formula is C15H15N3O. The van der Waals surface area contributed by atoms with Crippen LogP contribution < -0.4 is 10.6 Å².